The minimum atomic E-state index is 0.0485. The molecule has 0 aliphatic carbocycles. The van der Waals surface area contributed by atoms with Crippen molar-refractivity contribution in [2.75, 3.05) is 26.7 Å². The van der Waals surface area contributed by atoms with E-state index in [9.17, 15) is 4.79 Å². The molecule has 0 bridgehead atoms. The molecule has 1 aromatic heterocycles. The summed E-state index contributed by atoms with van der Waals surface area (Å²) in [5.41, 5.74) is 4.54. The minimum absolute atomic E-state index is 0.0485. The van der Waals surface area contributed by atoms with E-state index in [0.717, 1.165) is 38.2 Å². The van der Waals surface area contributed by atoms with Crippen molar-refractivity contribution in [2.24, 2.45) is 0 Å². The Morgan fingerprint density at radius 3 is 2.69 bits per heavy atom. The summed E-state index contributed by atoms with van der Waals surface area (Å²) in [7, 11) is 1.73. The van der Waals surface area contributed by atoms with Crippen molar-refractivity contribution in [3.05, 3.63) is 57.9 Å². The normalized spacial score (nSPS) is 22.3. The van der Waals surface area contributed by atoms with Gasteiger partial charge in [-0.1, -0.05) is 17.7 Å². The van der Waals surface area contributed by atoms with Gasteiger partial charge in [0, 0.05) is 37.9 Å². The molecule has 2 saturated heterocycles. The van der Waals surface area contributed by atoms with Gasteiger partial charge in [-0.05, 0) is 68.0 Å². The van der Waals surface area contributed by atoms with Crippen LogP contribution in [-0.4, -0.2) is 53.5 Å². The number of methoxy groups -OCH3 is 1. The van der Waals surface area contributed by atoms with Gasteiger partial charge in [-0.25, -0.2) is 4.98 Å². The lowest BCUT2D eigenvalue weighted by Crippen LogP contribution is -2.57. The minimum Gasteiger partial charge on any atom is -0.496 e. The van der Waals surface area contributed by atoms with Crippen LogP contribution in [0.25, 0.3) is 0 Å². The number of amides is 1. The van der Waals surface area contributed by atoms with E-state index in [0.29, 0.717) is 22.8 Å². The summed E-state index contributed by atoms with van der Waals surface area (Å²) in [6.45, 7) is 6.74. The zero-order valence-electron chi connectivity index (χ0n) is 17.3. The maximum absolute atomic E-state index is 12.9. The Bertz CT molecular complexity index is 900. The van der Waals surface area contributed by atoms with Crippen LogP contribution in [0.4, 0.5) is 0 Å². The molecule has 1 amide bonds. The number of nitrogens with zero attached hydrogens (tertiary/aromatic N) is 3. The van der Waals surface area contributed by atoms with E-state index in [1.807, 2.05) is 4.90 Å². The number of fused-ring (bicyclic) bond motifs is 1. The molecular weight excluding hydrogens is 386 g/mol. The highest BCUT2D eigenvalue weighted by Crippen LogP contribution is 2.39. The number of hydrogen-bond acceptors (Lipinski definition) is 4. The van der Waals surface area contributed by atoms with Gasteiger partial charge in [-0.15, -0.1) is 0 Å². The van der Waals surface area contributed by atoms with Gasteiger partial charge in [0.2, 0.25) is 0 Å². The fourth-order valence-corrected chi connectivity index (χ4v) is 4.96. The fourth-order valence-electron chi connectivity index (χ4n) is 4.85. The van der Waals surface area contributed by atoms with E-state index < -0.39 is 0 Å². The predicted molar refractivity (Wildman–Crippen MR) is 115 cm³/mol. The van der Waals surface area contributed by atoms with Crippen molar-refractivity contribution in [2.45, 2.75) is 45.2 Å². The van der Waals surface area contributed by atoms with Crippen LogP contribution in [-0.2, 0) is 0 Å². The molecule has 29 heavy (non-hydrogen) atoms. The second-order valence-corrected chi connectivity index (χ2v) is 8.45. The Kier molecular flexibility index (Phi) is 5.79. The lowest BCUT2D eigenvalue weighted by molar-refractivity contribution is 0.0101. The highest BCUT2D eigenvalue weighted by atomic mass is 35.5. The van der Waals surface area contributed by atoms with Gasteiger partial charge in [0.05, 0.1) is 12.7 Å². The topological polar surface area (TPSA) is 45.7 Å². The van der Waals surface area contributed by atoms with Crippen molar-refractivity contribution in [3.8, 4) is 5.75 Å². The third-order valence-corrected chi connectivity index (χ3v) is 6.79. The second kappa shape index (κ2) is 8.33. The molecular formula is C23H28ClN3O2. The second-order valence-electron chi connectivity index (χ2n) is 8.07. The van der Waals surface area contributed by atoms with Crippen LogP contribution in [0.15, 0.2) is 30.5 Å². The van der Waals surface area contributed by atoms with Crippen LogP contribution in [0.3, 0.4) is 0 Å². The molecule has 2 fully saturated rings. The zero-order valence-corrected chi connectivity index (χ0v) is 18.1. The first-order valence-corrected chi connectivity index (χ1v) is 10.7. The molecule has 2 unspecified atom stereocenters. The first-order chi connectivity index (χ1) is 14.0. The third kappa shape index (κ3) is 3.86. The molecule has 6 heteroatoms. The lowest BCUT2D eigenvalue weighted by Gasteiger charge is -2.48. The van der Waals surface area contributed by atoms with Crippen LogP contribution >= 0.6 is 11.6 Å². The van der Waals surface area contributed by atoms with E-state index in [-0.39, 0.29) is 5.91 Å². The summed E-state index contributed by atoms with van der Waals surface area (Å²) >= 11 is 5.86. The van der Waals surface area contributed by atoms with Crippen LogP contribution in [0.2, 0.25) is 5.15 Å². The first-order valence-electron chi connectivity index (χ1n) is 10.3. The van der Waals surface area contributed by atoms with Gasteiger partial charge in [-0.2, -0.15) is 0 Å². The van der Waals surface area contributed by atoms with Gasteiger partial charge in [-0.3, -0.25) is 9.69 Å². The van der Waals surface area contributed by atoms with E-state index in [1.165, 1.54) is 23.1 Å². The van der Waals surface area contributed by atoms with Crippen LogP contribution in [0.5, 0.6) is 5.75 Å². The Morgan fingerprint density at radius 1 is 1.14 bits per heavy atom. The van der Waals surface area contributed by atoms with Gasteiger partial charge < -0.3 is 9.64 Å². The predicted octanol–water partition coefficient (Wildman–Crippen LogP) is 4.41. The number of ether oxygens (including phenoxy) is 1. The lowest BCUT2D eigenvalue weighted by atomic mass is 9.86. The van der Waals surface area contributed by atoms with Crippen molar-refractivity contribution >= 4 is 17.5 Å². The molecule has 2 atom stereocenters. The smallest absolute Gasteiger partial charge is 0.255 e. The van der Waals surface area contributed by atoms with Gasteiger partial charge >= 0.3 is 0 Å². The summed E-state index contributed by atoms with van der Waals surface area (Å²) in [6, 6.07) is 8.56. The Balaban J connectivity index is 1.52. The maximum atomic E-state index is 12.9. The van der Waals surface area contributed by atoms with E-state index in [2.05, 4.69) is 35.9 Å². The van der Waals surface area contributed by atoms with Crippen molar-refractivity contribution in [1.82, 2.24) is 14.8 Å². The zero-order chi connectivity index (χ0) is 20.5. The number of halogens is 1. The standard InChI is InChI=1S/C23H28ClN3O2/c1-15-16(2)21(29-3)9-8-19(15)20-6-4-5-18-14-26(11-12-27(18)20)23(28)17-7-10-22(24)25-13-17/h7-10,13,18,20H,4-6,11-12,14H2,1-3H3. The van der Waals surface area contributed by atoms with Crippen LogP contribution < -0.4 is 4.74 Å². The fraction of sp³-hybridized carbons (Fsp3) is 0.478. The summed E-state index contributed by atoms with van der Waals surface area (Å²) in [5.74, 6) is 0.998. The van der Waals surface area contributed by atoms with E-state index in [4.69, 9.17) is 16.3 Å². The van der Waals surface area contributed by atoms with Gasteiger partial charge in [0.1, 0.15) is 10.9 Å². The number of hydrogen-bond donors (Lipinski definition) is 0. The van der Waals surface area contributed by atoms with E-state index >= 15 is 0 Å². The summed E-state index contributed by atoms with van der Waals surface area (Å²) < 4.78 is 5.49. The molecule has 154 valence electrons. The molecule has 4 rings (SSSR count). The maximum Gasteiger partial charge on any atom is 0.255 e. The summed E-state index contributed by atoms with van der Waals surface area (Å²) in [4.78, 5) is 21.6. The SMILES string of the molecule is COc1ccc(C2CCCC3CN(C(=O)c4ccc(Cl)nc4)CCN32)c(C)c1C. The number of carbonyl (C=O) groups excluding carboxylic acids is 1. The number of aromatic nitrogens is 1. The molecule has 2 aliphatic rings. The monoisotopic (exact) mass is 413 g/mol. The number of carbonyl (C=O) groups is 1. The number of benzene rings is 1. The van der Waals surface area contributed by atoms with Crippen LogP contribution in [0, 0.1) is 13.8 Å². The molecule has 0 N–H and O–H groups in total. The highest BCUT2D eigenvalue weighted by molar-refractivity contribution is 6.29. The number of piperidine rings is 1. The third-order valence-electron chi connectivity index (χ3n) is 6.56. The molecule has 3 heterocycles. The van der Waals surface area contributed by atoms with E-state index in [1.54, 1.807) is 25.4 Å². The molecule has 0 spiro atoms. The summed E-state index contributed by atoms with van der Waals surface area (Å²) in [6.07, 6.45) is 5.05. The van der Waals surface area contributed by atoms with Crippen molar-refractivity contribution < 1.29 is 9.53 Å². The molecule has 0 radical (unpaired) electrons. The Hall–Kier alpha value is -2.11. The highest BCUT2D eigenvalue weighted by Gasteiger charge is 2.37. The van der Waals surface area contributed by atoms with Gasteiger partial charge in [0.15, 0.2) is 0 Å². The van der Waals surface area contributed by atoms with Gasteiger partial charge in [0.25, 0.3) is 5.91 Å². The molecule has 2 aliphatic heterocycles. The number of rotatable bonds is 3. The van der Waals surface area contributed by atoms with Crippen LogP contribution in [0.1, 0.15) is 52.4 Å². The molecule has 5 nitrogen and oxygen atoms in total. The van der Waals surface area contributed by atoms with Crippen molar-refractivity contribution in [3.63, 3.8) is 0 Å². The Labute approximate surface area is 177 Å². The molecule has 2 aromatic rings. The number of pyridine rings is 1. The largest absolute Gasteiger partial charge is 0.496 e. The van der Waals surface area contributed by atoms with Crippen molar-refractivity contribution in [1.29, 1.82) is 0 Å². The molecule has 1 aromatic carbocycles. The average molecular weight is 414 g/mol. The Morgan fingerprint density at radius 2 is 1.97 bits per heavy atom. The quantitative estimate of drug-likeness (QED) is 0.699. The summed E-state index contributed by atoms with van der Waals surface area (Å²) in [5, 5.41) is 0.409. The number of piperazine rings is 1. The average Bonchev–Trinajstić information content (AvgIpc) is 2.75. The molecule has 0 saturated carbocycles. The first kappa shape index (κ1) is 20.2.